The first-order valence-electron chi connectivity index (χ1n) is 8.76. The molecular weight excluding hydrogens is 473 g/mol. The topological polar surface area (TPSA) is 46.2 Å². The van der Waals surface area contributed by atoms with E-state index in [2.05, 4.69) is 26.6 Å². The molecular formula is C22H16BrCl2N3O. The molecule has 2 N–H and O–H groups in total. The van der Waals surface area contributed by atoms with E-state index in [-0.39, 0.29) is 0 Å². The molecule has 0 atom stereocenters. The number of ether oxygens (including phenoxy) is 1. The van der Waals surface area contributed by atoms with E-state index in [1.165, 1.54) is 0 Å². The molecule has 0 radical (unpaired) electrons. The van der Waals surface area contributed by atoms with Crippen molar-refractivity contribution in [2.45, 2.75) is 0 Å². The van der Waals surface area contributed by atoms with E-state index in [9.17, 15) is 0 Å². The van der Waals surface area contributed by atoms with Gasteiger partial charge in [0.15, 0.2) is 0 Å². The summed E-state index contributed by atoms with van der Waals surface area (Å²) in [6.07, 6.45) is 0. The molecule has 4 nitrogen and oxygen atoms in total. The van der Waals surface area contributed by atoms with Gasteiger partial charge in [0.25, 0.3) is 0 Å². The molecule has 29 heavy (non-hydrogen) atoms. The Balaban J connectivity index is 1.80. The molecule has 0 amide bonds. The lowest BCUT2D eigenvalue weighted by Gasteiger charge is -2.15. The summed E-state index contributed by atoms with van der Waals surface area (Å²) < 4.78 is 6.34. The van der Waals surface area contributed by atoms with Gasteiger partial charge in [-0.3, -0.25) is 0 Å². The number of anilines is 4. The van der Waals surface area contributed by atoms with Crippen LogP contribution in [0.2, 0.25) is 10.0 Å². The molecule has 0 fully saturated rings. The molecule has 0 aliphatic carbocycles. The number of hydrogen-bond donors (Lipinski definition) is 2. The molecule has 1 heterocycles. The highest BCUT2D eigenvalue weighted by molar-refractivity contribution is 9.10. The van der Waals surface area contributed by atoms with E-state index in [0.717, 1.165) is 38.2 Å². The number of aromatic nitrogens is 1. The summed E-state index contributed by atoms with van der Waals surface area (Å²) in [6, 6.07) is 21.0. The predicted molar refractivity (Wildman–Crippen MR) is 125 cm³/mol. The molecule has 1 aromatic heterocycles. The number of nitrogens with zero attached hydrogens (tertiary/aromatic N) is 1. The number of methoxy groups -OCH3 is 1. The Morgan fingerprint density at radius 1 is 0.862 bits per heavy atom. The third-order valence-corrected chi connectivity index (χ3v) is 5.74. The summed E-state index contributed by atoms with van der Waals surface area (Å²) >= 11 is 15.8. The van der Waals surface area contributed by atoms with Crippen molar-refractivity contribution in [2.75, 3.05) is 17.7 Å². The molecule has 146 valence electrons. The van der Waals surface area contributed by atoms with E-state index < -0.39 is 0 Å². The SMILES string of the molecule is COc1ccccc1Nc1cc(Nc2ccc(Cl)c(Cl)c2)c2cccc(Br)c2n1. The number of fused-ring (bicyclic) bond motifs is 1. The van der Waals surface area contributed by atoms with Crippen LogP contribution in [-0.4, -0.2) is 12.1 Å². The Kier molecular flexibility index (Phi) is 5.81. The molecule has 0 bridgehead atoms. The van der Waals surface area contributed by atoms with Crippen molar-refractivity contribution in [1.29, 1.82) is 0 Å². The van der Waals surface area contributed by atoms with Crippen LogP contribution in [0, 0.1) is 0 Å². The third-order valence-electron chi connectivity index (χ3n) is 4.36. The highest BCUT2D eigenvalue weighted by Gasteiger charge is 2.11. The fourth-order valence-electron chi connectivity index (χ4n) is 3.00. The molecule has 0 aliphatic heterocycles. The normalized spacial score (nSPS) is 10.8. The zero-order chi connectivity index (χ0) is 20.4. The lowest BCUT2D eigenvalue weighted by molar-refractivity contribution is 0.417. The van der Waals surface area contributed by atoms with E-state index in [0.29, 0.717) is 15.9 Å². The Labute approximate surface area is 186 Å². The number of para-hydroxylation sites is 3. The van der Waals surface area contributed by atoms with E-state index in [1.54, 1.807) is 19.2 Å². The minimum absolute atomic E-state index is 0.489. The first-order valence-corrected chi connectivity index (χ1v) is 10.3. The van der Waals surface area contributed by atoms with Crippen LogP contribution in [0.4, 0.5) is 22.9 Å². The first kappa shape index (κ1) is 19.8. The predicted octanol–water partition coefficient (Wildman–Crippen LogP) is 7.80. The van der Waals surface area contributed by atoms with Crippen LogP contribution < -0.4 is 15.4 Å². The van der Waals surface area contributed by atoms with Crippen LogP contribution in [0.5, 0.6) is 5.75 Å². The van der Waals surface area contributed by atoms with Gasteiger partial charge in [-0.1, -0.05) is 47.5 Å². The van der Waals surface area contributed by atoms with Crippen molar-refractivity contribution < 1.29 is 4.74 Å². The summed E-state index contributed by atoms with van der Waals surface area (Å²) in [7, 11) is 1.64. The lowest BCUT2D eigenvalue weighted by Crippen LogP contribution is -2.00. The van der Waals surface area contributed by atoms with Crippen LogP contribution in [0.25, 0.3) is 10.9 Å². The monoisotopic (exact) mass is 487 g/mol. The second kappa shape index (κ2) is 8.49. The van der Waals surface area contributed by atoms with Crippen LogP contribution in [0.1, 0.15) is 0 Å². The van der Waals surface area contributed by atoms with Gasteiger partial charge in [0, 0.05) is 21.6 Å². The smallest absolute Gasteiger partial charge is 0.142 e. The van der Waals surface area contributed by atoms with E-state index in [4.69, 9.17) is 32.9 Å². The summed E-state index contributed by atoms with van der Waals surface area (Å²) in [5.41, 5.74) is 3.37. The molecule has 0 spiro atoms. The van der Waals surface area contributed by atoms with Crippen LogP contribution in [0.3, 0.4) is 0 Å². The Hall–Kier alpha value is -2.47. The summed E-state index contributed by atoms with van der Waals surface area (Å²) in [4.78, 5) is 4.78. The minimum atomic E-state index is 0.489. The number of hydrogen-bond acceptors (Lipinski definition) is 4. The highest BCUT2D eigenvalue weighted by Crippen LogP contribution is 2.35. The number of halogens is 3. The van der Waals surface area contributed by atoms with Gasteiger partial charge >= 0.3 is 0 Å². The van der Waals surface area contributed by atoms with Crippen LogP contribution >= 0.6 is 39.1 Å². The number of pyridine rings is 1. The third kappa shape index (κ3) is 4.27. The summed E-state index contributed by atoms with van der Waals surface area (Å²) in [5.74, 6) is 1.41. The number of rotatable bonds is 5. The van der Waals surface area contributed by atoms with Gasteiger partial charge in [-0.05, 0) is 52.3 Å². The minimum Gasteiger partial charge on any atom is -0.495 e. The zero-order valence-corrected chi connectivity index (χ0v) is 18.4. The molecule has 0 aliphatic rings. The second-order valence-electron chi connectivity index (χ2n) is 6.27. The fraction of sp³-hybridized carbons (Fsp3) is 0.0455. The van der Waals surface area contributed by atoms with Gasteiger partial charge in [-0.25, -0.2) is 4.98 Å². The van der Waals surface area contributed by atoms with Crippen molar-refractivity contribution in [3.05, 3.63) is 81.2 Å². The average molecular weight is 489 g/mol. The molecule has 0 unspecified atom stereocenters. The maximum Gasteiger partial charge on any atom is 0.142 e. The average Bonchev–Trinajstić information content (AvgIpc) is 2.72. The van der Waals surface area contributed by atoms with Gasteiger partial charge in [0.05, 0.1) is 34.0 Å². The standard InChI is InChI=1S/C22H16BrCl2N3O/c1-29-20-8-3-2-7-18(20)27-21-12-19(14-5-4-6-15(23)22(14)28-21)26-13-9-10-16(24)17(25)11-13/h2-12H,1H3,(H2,26,27,28). The van der Waals surface area contributed by atoms with Crippen molar-refractivity contribution in [3.8, 4) is 5.75 Å². The fourth-order valence-corrected chi connectivity index (χ4v) is 3.75. The maximum atomic E-state index is 6.18. The molecule has 4 aromatic rings. The lowest BCUT2D eigenvalue weighted by atomic mass is 10.1. The largest absolute Gasteiger partial charge is 0.495 e. The molecule has 0 saturated heterocycles. The van der Waals surface area contributed by atoms with Gasteiger partial charge in [0.1, 0.15) is 11.6 Å². The van der Waals surface area contributed by atoms with Gasteiger partial charge in [-0.2, -0.15) is 0 Å². The van der Waals surface area contributed by atoms with Gasteiger partial charge in [0.2, 0.25) is 0 Å². The van der Waals surface area contributed by atoms with E-state index >= 15 is 0 Å². The van der Waals surface area contributed by atoms with Crippen molar-refractivity contribution in [2.24, 2.45) is 0 Å². The van der Waals surface area contributed by atoms with Crippen molar-refractivity contribution in [1.82, 2.24) is 4.98 Å². The first-order chi connectivity index (χ1) is 14.0. The number of nitrogens with one attached hydrogen (secondary N) is 2. The van der Waals surface area contributed by atoms with Crippen LogP contribution in [-0.2, 0) is 0 Å². The Morgan fingerprint density at radius 2 is 1.69 bits per heavy atom. The summed E-state index contributed by atoms with van der Waals surface area (Å²) in [5, 5.41) is 8.74. The second-order valence-corrected chi connectivity index (χ2v) is 7.94. The van der Waals surface area contributed by atoms with Gasteiger partial charge in [-0.15, -0.1) is 0 Å². The van der Waals surface area contributed by atoms with Crippen molar-refractivity contribution in [3.63, 3.8) is 0 Å². The molecule has 3 aromatic carbocycles. The number of benzene rings is 3. The molecule has 4 rings (SSSR count). The van der Waals surface area contributed by atoms with Crippen LogP contribution in [0.15, 0.2) is 71.2 Å². The van der Waals surface area contributed by atoms with E-state index in [1.807, 2.05) is 54.6 Å². The van der Waals surface area contributed by atoms with Crippen molar-refractivity contribution >= 4 is 72.9 Å². The van der Waals surface area contributed by atoms with Gasteiger partial charge < -0.3 is 15.4 Å². The maximum absolute atomic E-state index is 6.18. The molecule has 7 heteroatoms. The quantitative estimate of drug-likeness (QED) is 0.300. The summed E-state index contributed by atoms with van der Waals surface area (Å²) in [6.45, 7) is 0. The highest BCUT2D eigenvalue weighted by atomic mass is 79.9. The Morgan fingerprint density at radius 3 is 2.48 bits per heavy atom. The molecule has 0 saturated carbocycles. The zero-order valence-electron chi connectivity index (χ0n) is 15.3. The Bertz CT molecular complexity index is 1200.